The lowest BCUT2D eigenvalue weighted by molar-refractivity contribution is 0.431. The molecule has 0 aromatic carbocycles. The molecule has 0 spiro atoms. The number of aromatic nitrogens is 2. The first-order valence-electron chi connectivity index (χ1n) is 8.17. The summed E-state index contributed by atoms with van der Waals surface area (Å²) in [7, 11) is 0. The molecule has 2 fully saturated rings. The lowest BCUT2D eigenvalue weighted by atomic mass is 10.0. The summed E-state index contributed by atoms with van der Waals surface area (Å²) in [6.45, 7) is 4.45. The van der Waals surface area contributed by atoms with Crippen LogP contribution < -0.4 is 10.2 Å². The van der Waals surface area contributed by atoms with Gasteiger partial charge >= 0.3 is 0 Å². The van der Waals surface area contributed by atoms with Crippen LogP contribution in [0.2, 0.25) is 0 Å². The zero-order chi connectivity index (χ0) is 13.8. The largest absolute Gasteiger partial charge is 0.352 e. The van der Waals surface area contributed by atoms with Crippen LogP contribution in [-0.4, -0.2) is 35.1 Å². The van der Waals surface area contributed by atoms with Gasteiger partial charge in [-0.3, -0.25) is 0 Å². The van der Waals surface area contributed by atoms with Crippen LogP contribution in [0.15, 0.2) is 12.4 Å². The number of anilines is 1. The average molecular weight is 274 g/mol. The first-order valence-corrected chi connectivity index (χ1v) is 8.17. The lowest BCUT2D eigenvalue weighted by Crippen LogP contribution is -2.46. The molecule has 1 saturated carbocycles. The van der Waals surface area contributed by atoms with Gasteiger partial charge in [0.25, 0.3) is 0 Å². The van der Waals surface area contributed by atoms with Crippen LogP contribution in [0, 0.1) is 0 Å². The second-order valence-corrected chi connectivity index (χ2v) is 6.14. The maximum Gasteiger partial charge on any atom is 0.132 e. The van der Waals surface area contributed by atoms with Gasteiger partial charge in [0.1, 0.15) is 12.1 Å². The molecule has 20 heavy (non-hydrogen) atoms. The molecule has 2 heterocycles. The zero-order valence-corrected chi connectivity index (χ0v) is 12.5. The van der Waals surface area contributed by atoms with Gasteiger partial charge in [-0.05, 0) is 38.5 Å². The van der Waals surface area contributed by atoms with E-state index in [2.05, 4.69) is 33.2 Å². The molecule has 0 radical (unpaired) electrons. The van der Waals surface area contributed by atoms with Crippen LogP contribution in [0.3, 0.4) is 0 Å². The van der Waals surface area contributed by atoms with Crippen LogP contribution in [0.1, 0.15) is 51.1 Å². The first-order chi connectivity index (χ1) is 9.86. The van der Waals surface area contributed by atoms with E-state index in [0.717, 1.165) is 37.8 Å². The van der Waals surface area contributed by atoms with Crippen molar-refractivity contribution in [2.45, 2.75) is 64.0 Å². The third-order valence-corrected chi connectivity index (χ3v) is 4.36. The lowest BCUT2D eigenvalue weighted by Gasteiger charge is -2.37. The topological polar surface area (TPSA) is 41.0 Å². The van der Waals surface area contributed by atoms with Crippen molar-refractivity contribution in [1.29, 1.82) is 0 Å². The molecule has 1 saturated heterocycles. The van der Waals surface area contributed by atoms with Crippen molar-refractivity contribution in [3.63, 3.8) is 0 Å². The fourth-order valence-electron chi connectivity index (χ4n) is 3.04. The molecule has 110 valence electrons. The molecule has 3 rings (SSSR count). The summed E-state index contributed by atoms with van der Waals surface area (Å²) >= 11 is 0. The van der Waals surface area contributed by atoms with Crippen LogP contribution in [0.5, 0.6) is 0 Å². The Bertz CT molecular complexity index is 430. The third-order valence-electron chi connectivity index (χ3n) is 4.36. The van der Waals surface area contributed by atoms with Crippen LogP contribution >= 0.6 is 0 Å². The maximum atomic E-state index is 4.53. The van der Waals surface area contributed by atoms with Gasteiger partial charge in [0.05, 0.1) is 0 Å². The number of nitrogens with zero attached hydrogens (tertiary/aromatic N) is 3. The van der Waals surface area contributed by atoms with Gasteiger partial charge in [-0.1, -0.05) is 13.3 Å². The minimum atomic E-state index is 0.605. The predicted molar refractivity (Wildman–Crippen MR) is 82.0 cm³/mol. The Hall–Kier alpha value is -1.16. The van der Waals surface area contributed by atoms with E-state index in [1.807, 2.05) is 0 Å². The van der Waals surface area contributed by atoms with E-state index in [0.29, 0.717) is 6.04 Å². The molecule has 1 N–H and O–H groups in total. The minimum Gasteiger partial charge on any atom is -0.352 e. The molecular weight excluding hydrogens is 248 g/mol. The number of piperidine rings is 1. The predicted octanol–water partition coefficient (Wildman–Crippen LogP) is 2.54. The van der Waals surface area contributed by atoms with Gasteiger partial charge in [-0.25, -0.2) is 9.97 Å². The van der Waals surface area contributed by atoms with E-state index in [-0.39, 0.29) is 0 Å². The third kappa shape index (κ3) is 3.48. The smallest absolute Gasteiger partial charge is 0.132 e. The Morgan fingerprint density at radius 3 is 2.95 bits per heavy atom. The molecular formula is C16H26N4. The molecule has 2 aliphatic rings. The molecule has 1 unspecified atom stereocenters. The Labute approximate surface area is 122 Å². The molecule has 1 aliphatic heterocycles. The first kappa shape index (κ1) is 13.8. The van der Waals surface area contributed by atoms with E-state index in [1.165, 1.54) is 37.8 Å². The van der Waals surface area contributed by atoms with Gasteiger partial charge in [0.2, 0.25) is 0 Å². The summed E-state index contributed by atoms with van der Waals surface area (Å²) in [5.74, 6) is 1.13. The Morgan fingerprint density at radius 1 is 1.25 bits per heavy atom. The second kappa shape index (κ2) is 6.53. The van der Waals surface area contributed by atoms with E-state index in [1.54, 1.807) is 6.33 Å². The van der Waals surface area contributed by atoms with Crippen molar-refractivity contribution < 1.29 is 0 Å². The van der Waals surface area contributed by atoms with E-state index >= 15 is 0 Å². The SMILES string of the molecule is CCCc1cc(N2CCCCC2CNC2CC2)ncn1. The summed E-state index contributed by atoms with van der Waals surface area (Å²) in [5.41, 5.74) is 1.18. The highest BCUT2D eigenvalue weighted by Gasteiger charge is 2.27. The summed E-state index contributed by atoms with van der Waals surface area (Å²) in [6, 6.07) is 3.59. The molecule has 0 bridgehead atoms. The minimum absolute atomic E-state index is 0.605. The van der Waals surface area contributed by atoms with Crippen molar-refractivity contribution in [3.05, 3.63) is 18.1 Å². The zero-order valence-electron chi connectivity index (χ0n) is 12.5. The normalized spacial score (nSPS) is 23.1. The highest BCUT2D eigenvalue weighted by Crippen LogP contribution is 2.25. The molecule has 4 nitrogen and oxygen atoms in total. The fourth-order valence-corrected chi connectivity index (χ4v) is 3.04. The van der Waals surface area contributed by atoms with Crippen molar-refractivity contribution in [1.82, 2.24) is 15.3 Å². The summed E-state index contributed by atoms with van der Waals surface area (Å²) in [5, 5.41) is 3.68. The van der Waals surface area contributed by atoms with E-state index in [4.69, 9.17) is 0 Å². The molecule has 0 amide bonds. The van der Waals surface area contributed by atoms with E-state index in [9.17, 15) is 0 Å². The summed E-state index contributed by atoms with van der Waals surface area (Å²) < 4.78 is 0. The average Bonchev–Trinajstić information content (AvgIpc) is 3.30. The molecule has 1 atom stereocenters. The fraction of sp³-hybridized carbons (Fsp3) is 0.750. The number of rotatable bonds is 6. The maximum absolute atomic E-state index is 4.53. The molecule has 1 aliphatic carbocycles. The summed E-state index contributed by atoms with van der Waals surface area (Å²) in [4.78, 5) is 11.4. The highest BCUT2D eigenvalue weighted by molar-refractivity contribution is 5.41. The van der Waals surface area contributed by atoms with Crippen LogP contribution in [0.4, 0.5) is 5.82 Å². The number of hydrogen-bond donors (Lipinski definition) is 1. The van der Waals surface area contributed by atoms with Crippen molar-refractivity contribution >= 4 is 5.82 Å². The van der Waals surface area contributed by atoms with Gasteiger partial charge < -0.3 is 10.2 Å². The number of hydrogen-bond acceptors (Lipinski definition) is 4. The van der Waals surface area contributed by atoms with Gasteiger partial charge in [-0.15, -0.1) is 0 Å². The van der Waals surface area contributed by atoms with Crippen molar-refractivity contribution in [3.8, 4) is 0 Å². The van der Waals surface area contributed by atoms with E-state index < -0.39 is 0 Å². The number of aryl methyl sites for hydroxylation is 1. The Balaban J connectivity index is 1.68. The van der Waals surface area contributed by atoms with Crippen LogP contribution in [-0.2, 0) is 6.42 Å². The van der Waals surface area contributed by atoms with Gasteiger partial charge in [0.15, 0.2) is 0 Å². The van der Waals surface area contributed by atoms with Crippen LogP contribution in [0.25, 0.3) is 0 Å². The monoisotopic (exact) mass is 274 g/mol. The molecule has 4 heteroatoms. The summed E-state index contributed by atoms with van der Waals surface area (Å²) in [6.07, 6.45) is 10.6. The van der Waals surface area contributed by atoms with Crippen molar-refractivity contribution in [2.24, 2.45) is 0 Å². The highest BCUT2D eigenvalue weighted by atomic mass is 15.2. The second-order valence-electron chi connectivity index (χ2n) is 6.14. The molecule has 1 aromatic rings. The van der Waals surface area contributed by atoms with Gasteiger partial charge in [0, 0.05) is 36.9 Å². The Morgan fingerprint density at radius 2 is 2.15 bits per heavy atom. The quantitative estimate of drug-likeness (QED) is 0.865. The molecule has 1 aromatic heterocycles. The Kier molecular flexibility index (Phi) is 4.51. The van der Waals surface area contributed by atoms with Crippen molar-refractivity contribution in [2.75, 3.05) is 18.0 Å². The van der Waals surface area contributed by atoms with Gasteiger partial charge in [-0.2, -0.15) is 0 Å². The number of nitrogens with one attached hydrogen (secondary N) is 1. The standard InChI is InChI=1S/C16H26N4/c1-2-5-14-10-16(19-12-18-14)20-9-4-3-6-15(20)11-17-13-7-8-13/h10,12-13,15,17H,2-9,11H2,1H3.